The zero-order valence-corrected chi connectivity index (χ0v) is 26.5. The summed E-state index contributed by atoms with van der Waals surface area (Å²) in [6.07, 6.45) is 1.74. The van der Waals surface area contributed by atoms with Gasteiger partial charge >= 0.3 is 6.09 Å². The molecule has 0 spiro atoms. The van der Waals surface area contributed by atoms with Gasteiger partial charge in [0.1, 0.15) is 17.7 Å². The summed E-state index contributed by atoms with van der Waals surface area (Å²) in [7, 11) is -2.46. The van der Waals surface area contributed by atoms with Crippen LogP contribution in [0, 0.1) is 6.92 Å². The fourth-order valence-electron chi connectivity index (χ4n) is 4.78. The molecule has 4 rings (SSSR count). The van der Waals surface area contributed by atoms with Gasteiger partial charge in [0.05, 0.1) is 29.3 Å². The van der Waals surface area contributed by atoms with E-state index in [0.29, 0.717) is 36.1 Å². The van der Waals surface area contributed by atoms with Gasteiger partial charge in [-0.1, -0.05) is 17.7 Å². The summed E-state index contributed by atoms with van der Waals surface area (Å²) in [4.78, 5) is 20.6. The maximum atomic E-state index is 14.0. The summed E-state index contributed by atoms with van der Waals surface area (Å²) in [6.45, 7) is 11.2. The van der Waals surface area contributed by atoms with E-state index in [1.807, 2.05) is 46.8 Å². The number of hydrogen-bond acceptors (Lipinski definition) is 9. The minimum absolute atomic E-state index is 0.0171. The van der Waals surface area contributed by atoms with Gasteiger partial charge in [-0.3, -0.25) is 0 Å². The Morgan fingerprint density at radius 3 is 2.56 bits per heavy atom. The Labute approximate surface area is 251 Å². The first-order valence-corrected chi connectivity index (χ1v) is 15.9. The molecule has 1 fully saturated rings. The smallest absolute Gasteiger partial charge is 0.410 e. The lowest BCUT2D eigenvalue weighted by Crippen LogP contribution is -2.40. The van der Waals surface area contributed by atoms with Crippen LogP contribution in [0.3, 0.4) is 0 Å². The van der Waals surface area contributed by atoms with Crippen LogP contribution in [-0.2, 0) is 21.3 Å². The minimum Gasteiger partial charge on any atom is -0.497 e. The molecule has 1 aromatic heterocycles. The fourth-order valence-corrected chi connectivity index (χ4v) is 7.29. The number of anilines is 2. The second kappa shape index (κ2) is 12.4. The largest absolute Gasteiger partial charge is 0.497 e. The van der Waals surface area contributed by atoms with Crippen LogP contribution < -0.4 is 13.9 Å². The van der Waals surface area contributed by atoms with Gasteiger partial charge in [-0.15, -0.1) is 0 Å². The van der Waals surface area contributed by atoms with Crippen LogP contribution in [0.1, 0.15) is 45.2 Å². The molecule has 0 unspecified atom stereocenters. The number of carbonyl (C=O) groups is 1. The van der Waals surface area contributed by atoms with Gasteiger partial charge in [0.25, 0.3) is 10.0 Å². The number of likely N-dealkylation sites (N-methyl/N-ethyl adjacent to an activating group) is 1. The molecule has 3 aromatic rings. The summed E-state index contributed by atoms with van der Waals surface area (Å²) < 4.78 is 44.0. The molecule has 1 aliphatic heterocycles. The van der Waals surface area contributed by atoms with E-state index < -0.39 is 15.6 Å². The van der Waals surface area contributed by atoms with Gasteiger partial charge in [0.2, 0.25) is 5.13 Å². The van der Waals surface area contributed by atoms with Crippen molar-refractivity contribution in [3.05, 3.63) is 58.9 Å². The molecule has 0 saturated carbocycles. The van der Waals surface area contributed by atoms with Gasteiger partial charge < -0.3 is 19.3 Å². The molecule has 1 saturated heterocycles. The predicted molar refractivity (Wildman–Crippen MR) is 162 cm³/mol. The molecule has 0 bridgehead atoms. The molecule has 222 valence electrons. The van der Waals surface area contributed by atoms with E-state index in [0.717, 1.165) is 29.1 Å². The number of aromatic nitrogens is 2. The third-order valence-electron chi connectivity index (χ3n) is 6.84. The number of hydrogen-bond donors (Lipinski definition) is 0. The van der Waals surface area contributed by atoms with Crippen LogP contribution >= 0.6 is 23.1 Å². The molecule has 10 nitrogen and oxygen atoms in total. The van der Waals surface area contributed by atoms with Gasteiger partial charge in [-0.05, 0) is 82.5 Å². The SMILES string of the molecule is CCN(c1ccc(S(=O)(=O)N(Cc2ccc(OC)cc2C)c2ncns2)cc1Cl)[C@H]1CCN(C(=O)OC(C)(C)C)C1. The maximum absolute atomic E-state index is 14.0. The van der Waals surface area contributed by atoms with Gasteiger partial charge in [-0.25, -0.2) is 22.5 Å². The lowest BCUT2D eigenvalue weighted by molar-refractivity contribution is 0.0292. The molecular formula is C28H36ClN5O5S2. The number of rotatable bonds is 9. The number of aryl methyl sites for hydroxylation is 1. The Bertz CT molecular complexity index is 1480. The van der Waals surface area contributed by atoms with Crippen LogP contribution in [0.25, 0.3) is 0 Å². The monoisotopic (exact) mass is 621 g/mol. The number of ether oxygens (including phenoxy) is 2. The Hall–Kier alpha value is -3.09. The van der Waals surface area contributed by atoms with Gasteiger partial charge in [0, 0.05) is 37.2 Å². The maximum Gasteiger partial charge on any atom is 0.410 e. The first kappa shape index (κ1) is 30.9. The van der Waals surface area contributed by atoms with Crippen molar-refractivity contribution >= 4 is 50.1 Å². The molecule has 0 N–H and O–H groups in total. The average Bonchev–Trinajstić information content (AvgIpc) is 3.61. The van der Waals surface area contributed by atoms with E-state index in [2.05, 4.69) is 14.3 Å². The zero-order chi connectivity index (χ0) is 29.9. The molecule has 2 heterocycles. The molecular weight excluding hydrogens is 586 g/mol. The minimum atomic E-state index is -4.05. The molecule has 1 amide bonds. The van der Waals surface area contributed by atoms with Crippen molar-refractivity contribution in [2.75, 3.05) is 35.9 Å². The van der Waals surface area contributed by atoms with Crippen LogP contribution in [-0.4, -0.2) is 67.2 Å². The first-order chi connectivity index (χ1) is 19.3. The summed E-state index contributed by atoms with van der Waals surface area (Å²) >= 11 is 7.75. The number of benzene rings is 2. The third kappa shape index (κ3) is 7.04. The number of carbonyl (C=O) groups excluding carboxylic acids is 1. The first-order valence-electron chi connectivity index (χ1n) is 13.3. The number of likely N-dealkylation sites (tertiary alicyclic amines) is 1. The van der Waals surface area contributed by atoms with Gasteiger partial charge in [-0.2, -0.15) is 4.37 Å². The quantitative estimate of drug-likeness (QED) is 0.298. The van der Waals surface area contributed by atoms with Crippen molar-refractivity contribution in [1.82, 2.24) is 14.3 Å². The van der Waals surface area contributed by atoms with E-state index in [4.69, 9.17) is 21.1 Å². The number of nitrogens with zero attached hydrogens (tertiary/aromatic N) is 5. The Balaban J connectivity index is 1.59. The van der Waals surface area contributed by atoms with E-state index in [1.54, 1.807) is 30.2 Å². The van der Waals surface area contributed by atoms with Crippen molar-refractivity contribution in [1.29, 1.82) is 0 Å². The summed E-state index contributed by atoms with van der Waals surface area (Å²) in [6, 6.07) is 10.3. The highest BCUT2D eigenvalue weighted by atomic mass is 35.5. The second-order valence-corrected chi connectivity index (χ2v) is 13.8. The van der Waals surface area contributed by atoms with Crippen molar-refractivity contribution in [2.24, 2.45) is 0 Å². The lowest BCUT2D eigenvalue weighted by Gasteiger charge is -2.31. The fraction of sp³-hybridized carbons (Fsp3) is 0.464. The second-order valence-electron chi connectivity index (χ2n) is 10.8. The Kier molecular flexibility index (Phi) is 9.35. The van der Waals surface area contributed by atoms with Gasteiger partial charge in [0.15, 0.2) is 0 Å². The molecule has 41 heavy (non-hydrogen) atoms. The topological polar surface area (TPSA) is 105 Å². The third-order valence-corrected chi connectivity index (χ3v) is 9.68. The summed E-state index contributed by atoms with van der Waals surface area (Å²) in [5.41, 5.74) is 1.83. The van der Waals surface area contributed by atoms with Crippen LogP contribution in [0.5, 0.6) is 5.75 Å². The van der Waals surface area contributed by atoms with Crippen molar-refractivity contribution < 1.29 is 22.7 Å². The standard InChI is InChI=1S/C28H36ClN5O5S2/c1-7-33(21-12-13-32(17-21)27(35)39-28(3,4)5)25-11-10-23(15-24(25)29)41(36,37)34(26-30-18-31-40-26)16-20-8-9-22(38-6)14-19(20)2/h8-11,14-15,18,21H,7,12-13,16-17H2,1-6H3/t21-/m0/s1. The molecule has 0 radical (unpaired) electrons. The van der Waals surface area contributed by atoms with Crippen molar-refractivity contribution in [2.45, 2.75) is 64.1 Å². The molecule has 13 heteroatoms. The predicted octanol–water partition coefficient (Wildman–Crippen LogP) is 5.74. The number of methoxy groups -OCH3 is 1. The molecule has 2 aromatic carbocycles. The number of amides is 1. The molecule has 1 atom stereocenters. The highest BCUT2D eigenvalue weighted by Gasteiger charge is 2.34. The van der Waals surface area contributed by atoms with Crippen LogP contribution in [0.4, 0.5) is 15.6 Å². The summed E-state index contributed by atoms with van der Waals surface area (Å²) in [5.74, 6) is 0.691. The summed E-state index contributed by atoms with van der Waals surface area (Å²) in [5, 5.41) is 0.560. The van der Waals surface area contributed by atoms with Crippen LogP contribution in [0.2, 0.25) is 5.02 Å². The average molecular weight is 622 g/mol. The van der Waals surface area contributed by atoms with E-state index in [1.165, 1.54) is 16.7 Å². The highest BCUT2D eigenvalue weighted by molar-refractivity contribution is 7.93. The normalized spacial score (nSPS) is 15.6. The van der Waals surface area contributed by atoms with E-state index >= 15 is 0 Å². The van der Waals surface area contributed by atoms with E-state index in [9.17, 15) is 13.2 Å². The van der Waals surface area contributed by atoms with Crippen LogP contribution in [0.15, 0.2) is 47.6 Å². The van der Waals surface area contributed by atoms with Crippen molar-refractivity contribution in [3.8, 4) is 5.75 Å². The Morgan fingerprint density at radius 2 is 1.98 bits per heavy atom. The highest BCUT2D eigenvalue weighted by Crippen LogP contribution is 2.35. The molecule has 1 aliphatic rings. The van der Waals surface area contributed by atoms with Crippen molar-refractivity contribution in [3.63, 3.8) is 0 Å². The zero-order valence-electron chi connectivity index (χ0n) is 24.1. The number of halogens is 1. The van der Waals surface area contributed by atoms with E-state index in [-0.39, 0.29) is 28.7 Å². The lowest BCUT2D eigenvalue weighted by atomic mass is 10.1. The number of sulfonamides is 1. The Morgan fingerprint density at radius 1 is 1.22 bits per heavy atom. The molecule has 0 aliphatic carbocycles.